The highest BCUT2D eigenvalue weighted by Gasteiger charge is 2.09. The third kappa shape index (κ3) is 2.18. The number of carbonyl (C=O) groups is 1. The van der Waals surface area contributed by atoms with Crippen LogP contribution in [0.15, 0.2) is 29.3 Å². The molecule has 3 heteroatoms. The van der Waals surface area contributed by atoms with Crippen LogP contribution in [0.1, 0.15) is 15.9 Å². The molecule has 0 aromatic heterocycles. The van der Waals surface area contributed by atoms with Crippen molar-refractivity contribution in [3.05, 3.63) is 46.5 Å². The molecule has 1 rings (SSSR count). The van der Waals surface area contributed by atoms with Crippen molar-refractivity contribution in [2.75, 3.05) is 7.11 Å². The maximum atomic E-state index is 11.2. The lowest BCUT2D eigenvalue weighted by Gasteiger charge is -2.03. The van der Waals surface area contributed by atoms with Gasteiger partial charge in [-0.25, -0.2) is 4.79 Å². The molecule has 0 aliphatic carbocycles. The fourth-order valence-electron chi connectivity index (χ4n) is 0.951. The van der Waals surface area contributed by atoms with Gasteiger partial charge in [0.1, 0.15) is 0 Å². The first-order valence-electron chi connectivity index (χ1n) is 3.60. The number of carbonyl (C=O) groups excluding carboxylic acids is 1. The van der Waals surface area contributed by atoms with Gasteiger partial charge in [0.2, 0.25) is 0 Å². The van der Waals surface area contributed by atoms with Gasteiger partial charge in [0.15, 0.2) is 0 Å². The van der Waals surface area contributed by atoms with Crippen LogP contribution >= 0.6 is 15.9 Å². The van der Waals surface area contributed by atoms with Crippen molar-refractivity contribution in [2.24, 2.45) is 0 Å². The second-order valence-electron chi connectivity index (χ2n) is 2.36. The van der Waals surface area contributed by atoms with Gasteiger partial charge in [-0.15, -0.1) is 0 Å². The van der Waals surface area contributed by atoms with Crippen LogP contribution in [0.3, 0.4) is 0 Å². The molecule has 0 saturated carbocycles. The molecule has 67 valence electrons. The summed E-state index contributed by atoms with van der Waals surface area (Å²) < 4.78 is 5.48. The maximum absolute atomic E-state index is 11.2. The van der Waals surface area contributed by atoms with E-state index in [1.54, 1.807) is 18.2 Å². The monoisotopic (exact) mass is 239 g/mol. The maximum Gasteiger partial charge on any atom is 0.338 e. The zero-order valence-electron chi connectivity index (χ0n) is 7.13. The Kier molecular flexibility index (Phi) is 3.25. The Morgan fingerprint density at radius 2 is 2.31 bits per heavy atom. The van der Waals surface area contributed by atoms with Gasteiger partial charge in [0.25, 0.3) is 0 Å². The smallest absolute Gasteiger partial charge is 0.338 e. The van der Waals surface area contributed by atoms with E-state index < -0.39 is 0 Å². The number of ether oxygens (including phenoxy) is 1. The lowest BCUT2D eigenvalue weighted by molar-refractivity contribution is 0.0600. The molecule has 0 fully saturated rings. The fraction of sp³-hybridized carbons (Fsp3) is 0.100. The normalized spacial score (nSPS) is 9.38. The quantitative estimate of drug-likeness (QED) is 0.742. The molecular weight excluding hydrogens is 232 g/mol. The van der Waals surface area contributed by atoms with Gasteiger partial charge in [-0.2, -0.15) is 0 Å². The van der Waals surface area contributed by atoms with Crippen LogP contribution in [0.5, 0.6) is 0 Å². The van der Waals surface area contributed by atoms with E-state index in [1.807, 2.05) is 0 Å². The molecule has 0 aliphatic heterocycles. The minimum atomic E-state index is -0.376. The van der Waals surface area contributed by atoms with Gasteiger partial charge in [0.05, 0.1) is 12.7 Å². The van der Waals surface area contributed by atoms with Crippen LogP contribution in [0.2, 0.25) is 0 Å². The Morgan fingerprint density at radius 3 is 2.85 bits per heavy atom. The zero-order valence-corrected chi connectivity index (χ0v) is 8.72. The van der Waals surface area contributed by atoms with Crippen molar-refractivity contribution in [3.63, 3.8) is 0 Å². The van der Waals surface area contributed by atoms with Crippen LogP contribution in [-0.2, 0) is 4.74 Å². The van der Waals surface area contributed by atoms with Gasteiger partial charge in [-0.1, -0.05) is 22.5 Å². The first kappa shape index (κ1) is 9.99. The largest absolute Gasteiger partial charge is 0.465 e. The summed E-state index contributed by atoms with van der Waals surface area (Å²) in [5, 5.41) is 0. The molecule has 0 amide bonds. The first-order valence-corrected chi connectivity index (χ1v) is 4.39. The van der Waals surface area contributed by atoms with Gasteiger partial charge in [-0.05, 0) is 29.8 Å². The molecule has 0 unspecified atom stereocenters. The summed E-state index contributed by atoms with van der Waals surface area (Å²) in [5.74, 6) is -0.376. The molecule has 1 aromatic carbocycles. The number of methoxy groups -OCH3 is 1. The van der Waals surface area contributed by atoms with Crippen LogP contribution in [0.4, 0.5) is 0 Å². The van der Waals surface area contributed by atoms with E-state index in [0.29, 0.717) is 11.1 Å². The molecule has 13 heavy (non-hydrogen) atoms. The number of halogens is 1. The van der Waals surface area contributed by atoms with Gasteiger partial charge < -0.3 is 4.74 Å². The molecule has 0 heterocycles. The highest BCUT2D eigenvalue weighted by atomic mass is 79.9. The number of esters is 1. The Bertz CT molecular complexity index is 345. The molecule has 0 atom stereocenters. The van der Waals surface area contributed by atoms with Gasteiger partial charge in [0, 0.05) is 4.47 Å². The number of benzene rings is 1. The highest BCUT2D eigenvalue weighted by Crippen LogP contribution is 2.17. The zero-order chi connectivity index (χ0) is 9.84. The topological polar surface area (TPSA) is 26.3 Å². The fourth-order valence-corrected chi connectivity index (χ4v) is 1.31. The lowest BCUT2D eigenvalue weighted by atomic mass is 10.1. The first-order chi connectivity index (χ1) is 6.19. The highest BCUT2D eigenvalue weighted by molar-refractivity contribution is 9.10. The second-order valence-corrected chi connectivity index (χ2v) is 3.27. The van der Waals surface area contributed by atoms with Crippen LogP contribution in [0, 0.1) is 6.08 Å². The van der Waals surface area contributed by atoms with Crippen LogP contribution < -0.4 is 0 Å². The Morgan fingerprint density at radius 1 is 1.62 bits per heavy atom. The van der Waals surface area contributed by atoms with Gasteiger partial charge in [-0.3, -0.25) is 0 Å². The average molecular weight is 240 g/mol. The van der Waals surface area contributed by atoms with E-state index >= 15 is 0 Å². The molecule has 0 bridgehead atoms. The molecule has 1 aromatic rings. The standard InChI is InChI=1S/C10H8BrO2/c1-3-7-6-8(11)4-5-9(7)10(12)13-2/h4-6H,1H2,2H3. The summed E-state index contributed by atoms with van der Waals surface area (Å²) in [6, 6.07) is 5.20. The predicted molar refractivity (Wildman–Crippen MR) is 53.5 cm³/mol. The third-order valence-corrected chi connectivity index (χ3v) is 2.07. The number of hydrogen-bond donors (Lipinski definition) is 0. The number of hydrogen-bond acceptors (Lipinski definition) is 2. The summed E-state index contributed by atoms with van der Waals surface area (Å²) >= 11 is 3.29. The summed E-state index contributed by atoms with van der Waals surface area (Å²) in [5.41, 5.74) is 1.11. The van der Waals surface area contributed by atoms with Crippen molar-refractivity contribution in [3.8, 4) is 0 Å². The third-order valence-electron chi connectivity index (χ3n) is 1.58. The van der Waals surface area contributed by atoms with E-state index in [1.165, 1.54) is 7.11 Å². The molecule has 0 N–H and O–H groups in total. The average Bonchev–Trinajstić information content (AvgIpc) is 2.16. The predicted octanol–water partition coefficient (Wildman–Crippen LogP) is 2.57. The summed E-state index contributed by atoms with van der Waals surface area (Å²) in [4.78, 5) is 11.2. The summed E-state index contributed by atoms with van der Waals surface area (Å²) in [6.07, 6.45) is 2.67. The van der Waals surface area contributed by atoms with E-state index in [9.17, 15) is 4.79 Å². The molecule has 2 nitrogen and oxygen atoms in total. The summed E-state index contributed by atoms with van der Waals surface area (Å²) in [7, 11) is 1.34. The van der Waals surface area contributed by atoms with Crippen molar-refractivity contribution >= 4 is 21.9 Å². The SMILES string of the molecule is C=[C]c1cc(Br)ccc1C(=O)OC. The Hall–Kier alpha value is -1.09. The Balaban J connectivity index is 3.20. The molecule has 1 radical (unpaired) electrons. The second kappa shape index (κ2) is 4.23. The van der Waals surface area contributed by atoms with E-state index in [-0.39, 0.29) is 5.97 Å². The van der Waals surface area contributed by atoms with Crippen molar-refractivity contribution in [1.82, 2.24) is 0 Å². The van der Waals surface area contributed by atoms with Crippen LogP contribution in [0.25, 0.3) is 0 Å². The Labute approximate surface area is 85.3 Å². The lowest BCUT2D eigenvalue weighted by Crippen LogP contribution is -2.03. The minimum absolute atomic E-state index is 0.376. The van der Waals surface area contributed by atoms with E-state index in [0.717, 1.165) is 4.47 Å². The molecule has 0 spiro atoms. The molecular formula is C10H8BrO2. The van der Waals surface area contributed by atoms with E-state index in [4.69, 9.17) is 0 Å². The van der Waals surface area contributed by atoms with Crippen molar-refractivity contribution in [1.29, 1.82) is 0 Å². The number of rotatable bonds is 2. The van der Waals surface area contributed by atoms with E-state index in [2.05, 4.69) is 33.3 Å². The molecule has 0 aliphatic rings. The summed E-state index contributed by atoms with van der Waals surface area (Å²) in [6.45, 7) is 3.50. The molecule has 0 saturated heterocycles. The van der Waals surface area contributed by atoms with Crippen molar-refractivity contribution < 1.29 is 9.53 Å². The minimum Gasteiger partial charge on any atom is -0.465 e. The van der Waals surface area contributed by atoms with Gasteiger partial charge >= 0.3 is 5.97 Å². The van der Waals surface area contributed by atoms with Crippen LogP contribution in [-0.4, -0.2) is 13.1 Å². The van der Waals surface area contributed by atoms with Crippen molar-refractivity contribution in [2.45, 2.75) is 0 Å².